The van der Waals surface area contributed by atoms with Crippen LogP contribution in [0.4, 0.5) is 0 Å². The lowest BCUT2D eigenvalue weighted by Gasteiger charge is -2.29. The summed E-state index contributed by atoms with van der Waals surface area (Å²) < 4.78 is 0. The van der Waals surface area contributed by atoms with Gasteiger partial charge in [-0.05, 0) is 37.7 Å². The maximum atomic E-state index is 7.78. The molecule has 0 unspecified atom stereocenters. The van der Waals surface area contributed by atoms with Gasteiger partial charge < -0.3 is 4.90 Å². The van der Waals surface area contributed by atoms with E-state index < -0.39 is 0 Å². The Bertz CT molecular complexity index is 171. The minimum absolute atomic E-state index is 0.876. The Morgan fingerprint density at radius 2 is 2.14 bits per heavy atom. The largest absolute Gasteiger partial charge is 0.361 e. The Hall–Kier alpha value is -0.180. The minimum Gasteiger partial charge on any atom is -0.361 e. The first-order valence-corrected chi connectivity index (χ1v) is 7.05. The molecule has 0 amide bonds. The number of thioether (sulfide) groups is 1. The molecule has 1 saturated heterocycles. The lowest BCUT2D eigenvalue weighted by molar-refractivity contribution is 0.358. The van der Waals surface area contributed by atoms with E-state index in [1.165, 1.54) is 37.9 Å². The summed E-state index contributed by atoms with van der Waals surface area (Å²) in [5.41, 5.74) is 0. The highest BCUT2D eigenvalue weighted by Crippen LogP contribution is 2.12. The van der Waals surface area contributed by atoms with Crippen molar-refractivity contribution >= 4 is 17.6 Å². The second-order valence-electron chi connectivity index (χ2n) is 3.94. The zero-order valence-electron chi connectivity index (χ0n) is 9.22. The van der Waals surface area contributed by atoms with Gasteiger partial charge in [-0.15, -0.1) is 0 Å². The topological polar surface area (TPSA) is 27.1 Å². The van der Waals surface area contributed by atoms with E-state index in [9.17, 15) is 0 Å². The molecule has 0 atom stereocenters. The molecule has 1 fully saturated rings. The molecule has 3 heteroatoms. The number of nitrogens with one attached hydrogen (secondary N) is 1. The van der Waals surface area contributed by atoms with Gasteiger partial charge in [-0.3, -0.25) is 5.41 Å². The average molecular weight is 214 g/mol. The van der Waals surface area contributed by atoms with E-state index in [-0.39, 0.29) is 0 Å². The van der Waals surface area contributed by atoms with Crippen LogP contribution < -0.4 is 0 Å². The molecule has 1 heterocycles. The first-order valence-electron chi connectivity index (χ1n) is 5.66. The summed E-state index contributed by atoms with van der Waals surface area (Å²) in [5, 5.41) is 7.78. The summed E-state index contributed by atoms with van der Waals surface area (Å²) >= 11 is 1.93. The van der Waals surface area contributed by atoms with Crippen LogP contribution in [-0.2, 0) is 0 Å². The molecule has 2 nitrogen and oxygen atoms in total. The normalized spacial score (nSPS) is 17.5. The van der Waals surface area contributed by atoms with Crippen LogP contribution in [-0.4, -0.2) is 35.8 Å². The fourth-order valence-corrected chi connectivity index (χ4v) is 2.35. The van der Waals surface area contributed by atoms with E-state index in [1.54, 1.807) is 0 Å². The Labute approximate surface area is 92.0 Å². The van der Waals surface area contributed by atoms with E-state index in [4.69, 9.17) is 5.41 Å². The standard InChI is InChI=1S/C11H22N2S/c1-14-10-6-2-4-8-13-9-5-3-7-11(13)12/h12H,2-10H2,1H3. The quantitative estimate of drug-likeness (QED) is 0.688. The second kappa shape index (κ2) is 7.16. The van der Waals surface area contributed by atoms with Crippen LogP contribution in [0.3, 0.4) is 0 Å². The van der Waals surface area contributed by atoms with Gasteiger partial charge in [-0.25, -0.2) is 0 Å². The molecule has 0 saturated carbocycles. The van der Waals surface area contributed by atoms with E-state index >= 15 is 0 Å². The Balaban J connectivity index is 2.02. The van der Waals surface area contributed by atoms with Crippen molar-refractivity contribution in [1.82, 2.24) is 4.90 Å². The molecular weight excluding hydrogens is 192 g/mol. The molecular formula is C11H22N2S. The zero-order valence-corrected chi connectivity index (χ0v) is 10.0. The maximum Gasteiger partial charge on any atom is 0.0957 e. The summed E-state index contributed by atoms with van der Waals surface area (Å²) in [6, 6.07) is 0. The number of unbranched alkanes of at least 4 members (excludes halogenated alkanes) is 2. The Kier molecular flexibility index (Phi) is 6.08. The molecule has 14 heavy (non-hydrogen) atoms. The highest BCUT2D eigenvalue weighted by atomic mass is 32.2. The molecule has 0 aliphatic carbocycles. The third-order valence-corrected chi connectivity index (χ3v) is 3.45. The van der Waals surface area contributed by atoms with Crippen LogP contribution in [0, 0.1) is 5.41 Å². The van der Waals surface area contributed by atoms with Crippen molar-refractivity contribution in [3.63, 3.8) is 0 Å². The van der Waals surface area contributed by atoms with Gasteiger partial charge in [0, 0.05) is 19.5 Å². The van der Waals surface area contributed by atoms with Crippen molar-refractivity contribution in [2.24, 2.45) is 0 Å². The molecule has 1 aliphatic rings. The third kappa shape index (κ3) is 4.36. The molecule has 1 rings (SSSR count). The van der Waals surface area contributed by atoms with E-state index in [2.05, 4.69) is 11.2 Å². The van der Waals surface area contributed by atoms with Crippen LogP contribution in [0.5, 0.6) is 0 Å². The van der Waals surface area contributed by atoms with Gasteiger partial charge in [0.25, 0.3) is 0 Å². The Morgan fingerprint density at radius 3 is 2.86 bits per heavy atom. The van der Waals surface area contributed by atoms with Crippen LogP contribution in [0.1, 0.15) is 38.5 Å². The van der Waals surface area contributed by atoms with Gasteiger partial charge in [-0.1, -0.05) is 6.42 Å². The maximum absolute atomic E-state index is 7.78. The Morgan fingerprint density at radius 1 is 1.29 bits per heavy atom. The first kappa shape index (κ1) is 11.9. The molecule has 0 aromatic rings. The highest BCUT2D eigenvalue weighted by molar-refractivity contribution is 7.98. The lowest BCUT2D eigenvalue weighted by atomic mass is 10.1. The van der Waals surface area contributed by atoms with Gasteiger partial charge in [0.05, 0.1) is 5.84 Å². The first-order chi connectivity index (χ1) is 6.84. The van der Waals surface area contributed by atoms with Gasteiger partial charge in [0.1, 0.15) is 0 Å². The lowest BCUT2D eigenvalue weighted by Crippen LogP contribution is -2.35. The second-order valence-corrected chi connectivity index (χ2v) is 4.93. The molecule has 0 aromatic carbocycles. The number of hydrogen-bond acceptors (Lipinski definition) is 2. The molecule has 1 N–H and O–H groups in total. The minimum atomic E-state index is 0.876. The monoisotopic (exact) mass is 214 g/mol. The van der Waals surface area contributed by atoms with E-state index in [1.807, 2.05) is 11.8 Å². The predicted octanol–water partition coefficient (Wildman–Crippen LogP) is 2.98. The van der Waals surface area contributed by atoms with Crippen LogP contribution in [0.25, 0.3) is 0 Å². The van der Waals surface area contributed by atoms with Gasteiger partial charge in [0.2, 0.25) is 0 Å². The van der Waals surface area contributed by atoms with Crippen molar-refractivity contribution in [3.8, 4) is 0 Å². The van der Waals surface area contributed by atoms with Crippen LogP contribution in [0.15, 0.2) is 0 Å². The van der Waals surface area contributed by atoms with Gasteiger partial charge >= 0.3 is 0 Å². The van der Waals surface area contributed by atoms with E-state index in [0.717, 1.165) is 25.3 Å². The predicted molar refractivity (Wildman–Crippen MR) is 65.4 cm³/mol. The molecule has 0 aromatic heterocycles. The number of rotatable bonds is 6. The van der Waals surface area contributed by atoms with E-state index in [0.29, 0.717) is 0 Å². The molecule has 0 radical (unpaired) electrons. The fraction of sp³-hybridized carbons (Fsp3) is 0.909. The van der Waals surface area contributed by atoms with Gasteiger partial charge in [0.15, 0.2) is 0 Å². The number of likely N-dealkylation sites (tertiary alicyclic amines) is 1. The van der Waals surface area contributed by atoms with Crippen molar-refractivity contribution in [1.29, 1.82) is 5.41 Å². The SMILES string of the molecule is CSCCCCCN1CCCCC1=N. The van der Waals surface area contributed by atoms with Crippen molar-refractivity contribution in [2.45, 2.75) is 38.5 Å². The number of nitrogens with zero attached hydrogens (tertiary/aromatic N) is 1. The zero-order chi connectivity index (χ0) is 10.2. The summed E-state index contributed by atoms with van der Waals surface area (Å²) in [7, 11) is 0. The smallest absolute Gasteiger partial charge is 0.0957 e. The van der Waals surface area contributed by atoms with Gasteiger partial charge in [-0.2, -0.15) is 11.8 Å². The molecule has 82 valence electrons. The van der Waals surface area contributed by atoms with Crippen molar-refractivity contribution in [3.05, 3.63) is 0 Å². The summed E-state index contributed by atoms with van der Waals surface area (Å²) in [6.07, 6.45) is 9.61. The van der Waals surface area contributed by atoms with Crippen LogP contribution in [0.2, 0.25) is 0 Å². The van der Waals surface area contributed by atoms with Crippen molar-refractivity contribution < 1.29 is 0 Å². The number of amidine groups is 1. The fourth-order valence-electron chi connectivity index (χ4n) is 1.86. The molecule has 0 bridgehead atoms. The van der Waals surface area contributed by atoms with Crippen molar-refractivity contribution in [2.75, 3.05) is 25.1 Å². The van der Waals surface area contributed by atoms with Crippen LogP contribution >= 0.6 is 11.8 Å². The third-order valence-electron chi connectivity index (χ3n) is 2.75. The number of hydrogen-bond donors (Lipinski definition) is 1. The highest BCUT2D eigenvalue weighted by Gasteiger charge is 2.13. The average Bonchev–Trinajstić information content (AvgIpc) is 2.20. The molecule has 0 spiro atoms. The number of piperidine rings is 1. The summed E-state index contributed by atoms with van der Waals surface area (Å²) in [6.45, 7) is 2.24. The molecule has 1 aliphatic heterocycles. The summed E-state index contributed by atoms with van der Waals surface area (Å²) in [5.74, 6) is 2.17. The summed E-state index contributed by atoms with van der Waals surface area (Å²) in [4.78, 5) is 2.27.